The van der Waals surface area contributed by atoms with E-state index in [2.05, 4.69) is 38.3 Å². The average Bonchev–Trinajstić information content (AvgIpc) is 2.47. The summed E-state index contributed by atoms with van der Waals surface area (Å²) in [5.41, 5.74) is 9.30. The second-order valence-corrected chi connectivity index (χ2v) is 7.74. The highest BCUT2D eigenvalue weighted by Gasteiger charge is 2.14. The predicted molar refractivity (Wildman–Crippen MR) is 97.2 cm³/mol. The van der Waals surface area contributed by atoms with Crippen LogP contribution in [0.1, 0.15) is 27.7 Å². The maximum Gasteiger partial charge on any atom is 0.126 e. The molecular weight excluding hydrogens is 384 g/mol. The molecule has 0 bridgehead atoms. The zero-order valence-electron chi connectivity index (χ0n) is 15.6. The predicted octanol–water partition coefficient (Wildman–Crippen LogP) is -2.16. The minimum atomic E-state index is -4.97. The average molecular weight is 415 g/mol. The van der Waals surface area contributed by atoms with Crippen molar-refractivity contribution < 1.29 is 36.6 Å². The lowest BCUT2D eigenvalue weighted by molar-refractivity contribution is -0.648. The first-order valence-electron chi connectivity index (χ1n) is 8.10. The number of quaternary nitrogens is 2. The summed E-state index contributed by atoms with van der Waals surface area (Å²) in [6.45, 7) is 13.5. The van der Waals surface area contributed by atoms with E-state index in [0.29, 0.717) is 6.07 Å². The normalized spacial score (nSPS) is 11.0. The molecule has 10 nitrogen and oxygen atoms in total. The lowest BCUT2D eigenvalue weighted by atomic mass is 10.3. The molecule has 0 atom stereocenters. The Balaban J connectivity index is 0. The number of nitrogens with two attached hydrogens (primary N) is 4. The zero-order chi connectivity index (χ0) is 21.0. The minimum Gasteiger partial charge on any atom is -0.744 e. The molecule has 0 fully saturated rings. The third kappa shape index (κ3) is 11.2. The van der Waals surface area contributed by atoms with Gasteiger partial charge in [0.05, 0.1) is 47.3 Å². The van der Waals surface area contributed by atoms with Gasteiger partial charge >= 0.3 is 0 Å². The molecule has 0 amide bonds. The largest absolute Gasteiger partial charge is 0.744 e. The van der Waals surface area contributed by atoms with Gasteiger partial charge in [-0.1, -0.05) is 0 Å². The first-order valence-corrected chi connectivity index (χ1v) is 10.9. The molecule has 12 heteroatoms. The number of rotatable bonds is 6. The van der Waals surface area contributed by atoms with Crippen molar-refractivity contribution in [2.75, 3.05) is 37.6 Å². The summed E-state index contributed by atoms with van der Waals surface area (Å²) in [7, 11) is -9.93. The Morgan fingerprint density at radius 1 is 0.731 bits per heavy atom. The number of anilines is 2. The number of hydrogen-bond acceptors (Lipinski definition) is 8. The summed E-state index contributed by atoms with van der Waals surface area (Å²) in [6.07, 6.45) is 0. The van der Waals surface area contributed by atoms with E-state index in [0.717, 1.165) is 6.07 Å². The maximum atomic E-state index is 10.7. The second kappa shape index (κ2) is 12.8. The van der Waals surface area contributed by atoms with Crippen molar-refractivity contribution in [3.05, 3.63) is 12.1 Å². The van der Waals surface area contributed by atoms with Gasteiger partial charge in [0.15, 0.2) is 0 Å². The zero-order valence-corrected chi connectivity index (χ0v) is 17.2. The molecule has 8 N–H and O–H groups in total. The Morgan fingerprint density at radius 2 is 1.00 bits per heavy atom. The van der Waals surface area contributed by atoms with Gasteiger partial charge in [0.25, 0.3) is 0 Å². The lowest BCUT2D eigenvalue weighted by Gasteiger charge is -2.15. The van der Waals surface area contributed by atoms with Crippen molar-refractivity contribution in [2.24, 2.45) is 0 Å². The molecule has 1 aromatic rings. The van der Waals surface area contributed by atoms with E-state index in [-0.39, 0.29) is 0 Å². The molecule has 0 saturated carbocycles. The van der Waals surface area contributed by atoms with Crippen LogP contribution in [0.4, 0.5) is 11.4 Å². The Labute approximate surface area is 155 Å². The Morgan fingerprint density at radius 3 is 1.15 bits per heavy atom. The lowest BCUT2D eigenvalue weighted by Crippen LogP contribution is -2.82. The van der Waals surface area contributed by atoms with Crippen molar-refractivity contribution in [1.29, 1.82) is 0 Å². The highest BCUT2D eigenvalue weighted by Crippen LogP contribution is 2.27. The van der Waals surface area contributed by atoms with E-state index >= 15 is 0 Å². The van der Waals surface area contributed by atoms with Crippen LogP contribution in [0, 0.1) is 0 Å². The summed E-state index contributed by atoms with van der Waals surface area (Å²) in [5.74, 6) is 0. The van der Waals surface area contributed by atoms with Gasteiger partial charge in [-0.2, -0.15) is 0 Å². The molecule has 0 aliphatic rings. The van der Waals surface area contributed by atoms with Gasteiger partial charge in [-0.25, -0.2) is 16.8 Å². The first kappa shape index (κ1) is 26.8. The van der Waals surface area contributed by atoms with Gasteiger partial charge in [0, 0.05) is 0 Å². The third-order valence-corrected chi connectivity index (χ3v) is 4.62. The van der Waals surface area contributed by atoms with E-state index in [1.807, 2.05) is 0 Å². The molecule has 0 saturated heterocycles. The fourth-order valence-corrected chi connectivity index (χ4v) is 2.90. The maximum absolute atomic E-state index is 10.7. The van der Waals surface area contributed by atoms with E-state index in [1.165, 1.54) is 26.2 Å². The Hall–Kier alpha value is -1.44. The summed E-state index contributed by atoms with van der Waals surface area (Å²) in [5, 5.41) is 4.50. The molecule has 1 aromatic carbocycles. The molecule has 1 rings (SSSR count). The van der Waals surface area contributed by atoms with Crippen molar-refractivity contribution in [2.45, 2.75) is 37.5 Å². The van der Waals surface area contributed by atoms with Crippen molar-refractivity contribution in [1.82, 2.24) is 0 Å². The SMILES string of the molecule is CC[NH2+]CC.CC[NH2+]CC.Nc1cc(N)c(S(=O)(=O)[O-])cc1S(=O)(=O)[O-]. The quantitative estimate of drug-likeness (QED) is 0.298. The Bertz CT molecular complexity index is 673. The molecular formula is C14H30N4O6S2. The van der Waals surface area contributed by atoms with Crippen LogP contribution in [0.5, 0.6) is 0 Å². The highest BCUT2D eigenvalue weighted by molar-refractivity contribution is 7.86. The van der Waals surface area contributed by atoms with Crippen LogP contribution in [-0.2, 0) is 20.2 Å². The molecule has 26 heavy (non-hydrogen) atoms. The van der Waals surface area contributed by atoms with Crippen molar-refractivity contribution >= 4 is 31.6 Å². The molecule has 0 radical (unpaired) electrons. The molecule has 154 valence electrons. The van der Waals surface area contributed by atoms with Gasteiger partial charge in [0.2, 0.25) is 0 Å². The molecule has 0 spiro atoms. The second-order valence-electron chi connectivity index (χ2n) is 5.05. The van der Waals surface area contributed by atoms with Gasteiger partial charge < -0.3 is 31.2 Å². The molecule has 0 heterocycles. The van der Waals surface area contributed by atoms with Crippen LogP contribution < -0.4 is 22.1 Å². The highest BCUT2D eigenvalue weighted by atomic mass is 32.2. The minimum absolute atomic E-state index is 0.356. The van der Waals surface area contributed by atoms with Crippen LogP contribution in [0.3, 0.4) is 0 Å². The number of hydrogen-bond donors (Lipinski definition) is 4. The summed E-state index contributed by atoms with van der Waals surface area (Å²) >= 11 is 0. The third-order valence-electron chi connectivity index (χ3n) is 2.84. The van der Waals surface area contributed by atoms with E-state index in [4.69, 9.17) is 11.5 Å². The van der Waals surface area contributed by atoms with E-state index in [1.54, 1.807) is 0 Å². The standard InChI is InChI=1S/C6H8N2O6S2.2C4H11N/c7-3-1-4(8)6(16(12,13)14)2-5(3)15(9,10)11;2*1-3-5-4-2/h1-2H,7-8H2,(H,9,10,11)(H,12,13,14);2*5H,3-4H2,1-2H3. The fraction of sp³-hybridized carbons (Fsp3) is 0.571. The first-order chi connectivity index (χ1) is 11.9. The van der Waals surface area contributed by atoms with Crippen molar-refractivity contribution in [3.63, 3.8) is 0 Å². The van der Waals surface area contributed by atoms with Gasteiger partial charge in [-0.3, -0.25) is 0 Å². The van der Waals surface area contributed by atoms with Crippen LogP contribution in [0.2, 0.25) is 0 Å². The number of nitrogen functional groups attached to an aromatic ring is 2. The van der Waals surface area contributed by atoms with Crippen LogP contribution >= 0.6 is 0 Å². The van der Waals surface area contributed by atoms with Crippen LogP contribution in [-0.4, -0.2) is 52.1 Å². The fourth-order valence-electron chi connectivity index (χ4n) is 1.61. The summed E-state index contributed by atoms with van der Waals surface area (Å²) in [4.78, 5) is -1.98. The van der Waals surface area contributed by atoms with Crippen molar-refractivity contribution in [3.8, 4) is 0 Å². The number of benzene rings is 1. The molecule has 0 aliphatic heterocycles. The summed E-state index contributed by atoms with van der Waals surface area (Å²) < 4.78 is 64.0. The van der Waals surface area contributed by atoms with Crippen LogP contribution in [0.25, 0.3) is 0 Å². The van der Waals surface area contributed by atoms with Crippen LogP contribution in [0.15, 0.2) is 21.9 Å². The molecule has 0 unspecified atom stereocenters. The smallest absolute Gasteiger partial charge is 0.126 e. The van der Waals surface area contributed by atoms with Gasteiger partial charge in [-0.15, -0.1) is 0 Å². The topological polar surface area (TPSA) is 200 Å². The van der Waals surface area contributed by atoms with Gasteiger partial charge in [-0.05, 0) is 39.8 Å². The van der Waals surface area contributed by atoms with E-state index < -0.39 is 41.4 Å². The molecule has 0 aromatic heterocycles. The van der Waals surface area contributed by atoms with Gasteiger partial charge in [0.1, 0.15) is 20.2 Å². The Kier molecular flexibility index (Phi) is 13.2. The molecule has 0 aliphatic carbocycles. The summed E-state index contributed by atoms with van der Waals surface area (Å²) in [6, 6.07) is 1.09. The monoisotopic (exact) mass is 414 g/mol. The van der Waals surface area contributed by atoms with E-state index in [9.17, 15) is 25.9 Å².